The molecule has 0 saturated carbocycles. The molecule has 20 heavy (non-hydrogen) atoms. The molecular weight excluding hydrogens is 263 g/mol. The smallest absolute Gasteiger partial charge is 0.337 e. The summed E-state index contributed by atoms with van der Waals surface area (Å²) in [6.45, 7) is 0.367. The Morgan fingerprint density at radius 3 is 2.75 bits per heavy atom. The number of benzene rings is 1. The van der Waals surface area contributed by atoms with E-state index in [2.05, 4.69) is 10.3 Å². The number of aromatic nitrogens is 1. The summed E-state index contributed by atoms with van der Waals surface area (Å²) in [5, 5.41) is 11.8. The quantitative estimate of drug-likeness (QED) is 0.878. The first-order valence-corrected chi connectivity index (χ1v) is 5.86. The number of rotatable bonds is 5. The van der Waals surface area contributed by atoms with Crippen molar-refractivity contribution in [3.63, 3.8) is 0 Å². The molecule has 0 fully saturated rings. The largest absolute Gasteiger partial charge is 0.494 e. The number of hydrogen-bond acceptors (Lipinski definition) is 4. The first kappa shape index (κ1) is 13.8. The number of halogens is 1. The van der Waals surface area contributed by atoms with Crippen LogP contribution in [0.2, 0.25) is 0 Å². The van der Waals surface area contributed by atoms with E-state index in [-0.39, 0.29) is 11.3 Å². The zero-order chi connectivity index (χ0) is 14.5. The number of ether oxygens (including phenoxy) is 1. The molecule has 0 saturated heterocycles. The van der Waals surface area contributed by atoms with Crippen LogP contribution >= 0.6 is 0 Å². The monoisotopic (exact) mass is 276 g/mol. The van der Waals surface area contributed by atoms with Crippen LogP contribution in [0.5, 0.6) is 5.75 Å². The van der Waals surface area contributed by atoms with Crippen molar-refractivity contribution >= 4 is 11.7 Å². The lowest BCUT2D eigenvalue weighted by Crippen LogP contribution is -2.04. The molecule has 0 aliphatic carbocycles. The fraction of sp³-hybridized carbons (Fsp3) is 0.143. The standard InChI is InChI=1S/C14H13FN2O3/c1-20-13-5-4-10(6-12(13)15)17-8-11-3-2-9(7-16-11)14(18)19/h2-7,17H,8H2,1H3,(H,18,19). The number of carboxylic acid groups (broad SMARTS) is 1. The van der Waals surface area contributed by atoms with E-state index in [1.807, 2.05) is 0 Å². The third-order valence-corrected chi connectivity index (χ3v) is 2.70. The summed E-state index contributed by atoms with van der Waals surface area (Å²) >= 11 is 0. The third-order valence-electron chi connectivity index (χ3n) is 2.70. The van der Waals surface area contributed by atoms with Crippen LogP contribution in [0, 0.1) is 5.82 Å². The minimum Gasteiger partial charge on any atom is -0.494 e. The summed E-state index contributed by atoms with van der Waals surface area (Å²) in [7, 11) is 1.40. The SMILES string of the molecule is COc1ccc(NCc2ccc(C(=O)O)cn2)cc1F. The van der Waals surface area contributed by atoms with Crippen molar-refractivity contribution in [3.8, 4) is 5.75 Å². The van der Waals surface area contributed by atoms with Gasteiger partial charge in [-0.3, -0.25) is 4.98 Å². The van der Waals surface area contributed by atoms with E-state index >= 15 is 0 Å². The molecule has 0 amide bonds. The molecule has 0 aliphatic heterocycles. The van der Waals surface area contributed by atoms with Crippen molar-refractivity contribution in [3.05, 3.63) is 53.6 Å². The summed E-state index contributed by atoms with van der Waals surface area (Å²) in [5.41, 5.74) is 1.38. The van der Waals surface area contributed by atoms with Crippen LogP contribution in [-0.2, 0) is 6.54 Å². The fourth-order valence-corrected chi connectivity index (χ4v) is 1.62. The van der Waals surface area contributed by atoms with Crippen LogP contribution in [-0.4, -0.2) is 23.2 Å². The molecule has 5 nitrogen and oxygen atoms in total. The molecule has 0 spiro atoms. The van der Waals surface area contributed by atoms with Crippen molar-refractivity contribution < 1.29 is 19.0 Å². The van der Waals surface area contributed by atoms with Gasteiger partial charge < -0.3 is 15.2 Å². The minimum absolute atomic E-state index is 0.129. The third kappa shape index (κ3) is 3.23. The number of nitrogens with one attached hydrogen (secondary N) is 1. The zero-order valence-corrected chi connectivity index (χ0v) is 10.8. The molecule has 0 aliphatic rings. The molecule has 1 aromatic carbocycles. The Bertz CT molecular complexity index is 614. The van der Waals surface area contributed by atoms with Crippen LogP contribution in [0.25, 0.3) is 0 Å². The van der Waals surface area contributed by atoms with Gasteiger partial charge in [-0.25, -0.2) is 9.18 Å². The van der Waals surface area contributed by atoms with Crippen LogP contribution in [0.15, 0.2) is 36.5 Å². The lowest BCUT2D eigenvalue weighted by molar-refractivity contribution is 0.0696. The zero-order valence-electron chi connectivity index (χ0n) is 10.8. The fourth-order valence-electron chi connectivity index (χ4n) is 1.62. The summed E-state index contributed by atoms with van der Waals surface area (Å²) in [4.78, 5) is 14.7. The molecule has 2 aromatic rings. The van der Waals surface area contributed by atoms with Crippen molar-refractivity contribution in [2.45, 2.75) is 6.54 Å². The molecule has 104 valence electrons. The summed E-state index contributed by atoms with van der Waals surface area (Å²) < 4.78 is 18.3. The van der Waals surface area contributed by atoms with Gasteiger partial charge in [-0.05, 0) is 24.3 Å². The molecule has 1 heterocycles. The Labute approximate surface area is 115 Å². The highest BCUT2D eigenvalue weighted by Gasteiger charge is 2.05. The van der Waals surface area contributed by atoms with E-state index in [0.717, 1.165) is 0 Å². The minimum atomic E-state index is -1.02. The van der Waals surface area contributed by atoms with E-state index in [0.29, 0.717) is 17.9 Å². The van der Waals surface area contributed by atoms with Crippen LogP contribution in [0.1, 0.15) is 16.1 Å². The Hall–Kier alpha value is -2.63. The van der Waals surface area contributed by atoms with E-state index in [1.165, 1.54) is 31.5 Å². The topological polar surface area (TPSA) is 71.5 Å². The van der Waals surface area contributed by atoms with Crippen molar-refractivity contribution in [2.24, 2.45) is 0 Å². The van der Waals surface area contributed by atoms with Gasteiger partial charge in [0.15, 0.2) is 11.6 Å². The summed E-state index contributed by atoms with van der Waals surface area (Å²) in [6, 6.07) is 7.62. The first-order chi connectivity index (χ1) is 9.60. The van der Waals surface area contributed by atoms with E-state index in [4.69, 9.17) is 9.84 Å². The maximum absolute atomic E-state index is 13.5. The van der Waals surface area contributed by atoms with Crippen LogP contribution in [0.4, 0.5) is 10.1 Å². The average molecular weight is 276 g/mol. The maximum atomic E-state index is 13.5. The number of carboxylic acids is 1. The lowest BCUT2D eigenvalue weighted by Gasteiger charge is -2.08. The highest BCUT2D eigenvalue weighted by molar-refractivity contribution is 5.87. The Balaban J connectivity index is 2.01. The molecule has 6 heteroatoms. The van der Waals surface area contributed by atoms with Gasteiger partial charge >= 0.3 is 5.97 Å². The van der Waals surface area contributed by atoms with Gasteiger partial charge in [-0.2, -0.15) is 0 Å². The van der Waals surface area contributed by atoms with Crippen molar-refractivity contribution in [2.75, 3.05) is 12.4 Å². The number of aromatic carboxylic acids is 1. The van der Waals surface area contributed by atoms with E-state index in [9.17, 15) is 9.18 Å². The number of nitrogens with zero attached hydrogens (tertiary/aromatic N) is 1. The van der Waals surface area contributed by atoms with Gasteiger partial charge in [-0.1, -0.05) is 0 Å². The summed E-state index contributed by atoms with van der Waals surface area (Å²) in [5.74, 6) is -1.29. The Kier molecular flexibility index (Phi) is 4.14. The Morgan fingerprint density at radius 2 is 2.20 bits per heavy atom. The predicted octanol–water partition coefficient (Wildman–Crippen LogP) is 2.54. The molecule has 1 aromatic heterocycles. The molecule has 2 rings (SSSR count). The van der Waals surface area contributed by atoms with Crippen molar-refractivity contribution in [1.82, 2.24) is 4.98 Å². The Morgan fingerprint density at radius 1 is 1.40 bits per heavy atom. The van der Waals surface area contributed by atoms with Gasteiger partial charge in [-0.15, -0.1) is 0 Å². The van der Waals surface area contributed by atoms with Gasteiger partial charge in [0.1, 0.15) is 0 Å². The number of pyridine rings is 1. The second-order valence-electron chi connectivity index (χ2n) is 4.05. The van der Waals surface area contributed by atoms with Gasteiger partial charge in [0.05, 0.1) is 24.9 Å². The van der Waals surface area contributed by atoms with Gasteiger partial charge in [0.2, 0.25) is 0 Å². The molecule has 2 N–H and O–H groups in total. The maximum Gasteiger partial charge on any atom is 0.337 e. The second-order valence-corrected chi connectivity index (χ2v) is 4.05. The van der Waals surface area contributed by atoms with Crippen LogP contribution in [0.3, 0.4) is 0 Å². The highest BCUT2D eigenvalue weighted by Crippen LogP contribution is 2.20. The average Bonchev–Trinajstić information content (AvgIpc) is 2.45. The highest BCUT2D eigenvalue weighted by atomic mass is 19.1. The van der Waals surface area contributed by atoms with E-state index in [1.54, 1.807) is 12.1 Å². The predicted molar refractivity (Wildman–Crippen MR) is 71.5 cm³/mol. The number of anilines is 1. The first-order valence-electron chi connectivity index (χ1n) is 5.86. The molecule has 0 unspecified atom stereocenters. The summed E-state index contributed by atoms with van der Waals surface area (Å²) in [6.07, 6.45) is 1.29. The van der Waals surface area contributed by atoms with Gasteiger partial charge in [0, 0.05) is 18.0 Å². The normalized spacial score (nSPS) is 10.1. The number of hydrogen-bond donors (Lipinski definition) is 2. The van der Waals surface area contributed by atoms with Crippen molar-refractivity contribution in [1.29, 1.82) is 0 Å². The molecule has 0 bridgehead atoms. The number of carbonyl (C=O) groups is 1. The second kappa shape index (κ2) is 6.01. The number of methoxy groups -OCH3 is 1. The molecule has 0 atom stereocenters. The molecular formula is C14H13FN2O3. The van der Waals surface area contributed by atoms with E-state index < -0.39 is 11.8 Å². The molecule has 0 radical (unpaired) electrons. The van der Waals surface area contributed by atoms with Gasteiger partial charge in [0.25, 0.3) is 0 Å². The van der Waals surface area contributed by atoms with Crippen LogP contribution < -0.4 is 10.1 Å². The lowest BCUT2D eigenvalue weighted by atomic mass is 10.2.